The average molecular weight is 333 g/mol. The van der Waals surface area contributed by atoms with Gasteiger partial charge in [0, 0.05) is 18.1 Å². The largest absolute Gasteiger partial charge is 0.740 e. The van der Waals surface area contributed by atoms with Crippen molar-refractivity contribution < 1.29 is 30.5 Å². The molecule has 0 spiro atoms. The van der Waals surface area contributed by atoms with E-state index in [-0.39, 0.29) is 30.2 Å². The number of rotatable bonds is 5. The zero-order chi connectivity index (χ0) is 15.7. The Hall–Kier alpha value is -1.29. The van der Waals surface area contributed by atoms with Gasteiger partial charge in [-0.1, -0.05) is 18.2 Å². The SMILES string of the molecule is O=S(=O)(O)CCCC[N+]1=C(S(=O)(=O)[O-])Cc2ccccc21. The van der Waals surface area contributed by atoms with Gasteiger partial charge in [0.2, 0.25) is 5.69 Å². The van der Waals surface area contributed by atoms with Crippen LogP contribution >= 0.6 is 0 Å². The van der Waals surface area contributed by atoms with Crippen LogP contribution in [0.25, 0.3) is 0 Å². The molecular weight excluding hydrogens is 318 g/mol. The lowest BCUT2D eigenvalue weighted by atomic mass is 10.1. The van der Waals surface area contributed by atoms with Crippen LogP contribution < -0.4 is 0 Å². The fraction of sp³-hybridized carbons (Fsp3) is 0.417. The van der Waals surface area contributed by atoms with Crippen molar-refractivity contribution in [2.75, 3.05) is 12.3 Å². The highest BCUT2D eigenvalue weighted by Crippen LogP contribution is 2.27. The molecule has 0 aliphatic carbocycles. The minimum Gasteiger partial charge on any atom is -0.740 e. The van der Waals surface area contributed by atoms with E-state index in [1.54, 1.807) is 24.3 Å². The second-order valence-electron chi connectivity index (χ2n) is 4.80. The van der Waals surface area contributed by atoms with E-state index in [1.807, 2.05) is 0 Å². The van der Waals surface area contributed by atoms with Gasteiger partial charge in [-0.2, -0.15) is 13.0 Å². The average Bonchev–Trinajstić information content (AvgIpc) is 2.72. The zero-order valence-electron chi connectivity index (χ0n) is 11.1. The van der Waals surface area contributed by atoms with Crippen molar-refractivity contribution in [1.82, 2.24) is 0 Å². The molecule has 1 heterocycles. The molecule has 0 atom stereocenters. The second-order valence-corrected chi connectivity index (χ2v) is 7.75. The molecular formula is C12H15NO6S2. The maximum Gasteiger partial charge on any atom is 0.266 e. The van der Waals surface area contributed by atoms with Gasteiger partial charge < -0.3 is 4.55 Å². The smallest absolute Gasteiger partial charge is 0.266 e. The molecule has 0 aromatic heterocycles. The van der Waals surface area contributed by atoms with E-state index < -0.39 is 20.2 Å². The summed E-state index contributed by atoms with van der Waals surface area (Å²) in [5, 5.41) is -0.212. The minimum absolute atomic E-state index is 0.0559. The molecule has 9 heteroatoms. The first-order valence-corrected chi connectivity index (χ1v) is 9.32. The van der Waals surface area contributed by atoms with E-state index >= 15 is 0 Å². The summed E-state index contributed by atoms with van der Waals surface area (Å²) >= 11 is 0. The number of para-hydroxylation sites is 1. The van der Waals surface area contributed by atoms with Gasteiger partial charge in [-0.25, -0.2) is 8.42 Å². The summed E-state index contributed by atoms with van der Waals surface area (Å²) in [4.78, 5) is 0. The van der Waals surface area contributed by atoms with Gasteiger partial charge in [0.05, 0.1) is 12.2 Å². The predicted octanol–water partition coefficient (Wildman–Crippen LogP) is 0.498. The van der Waals surface area contributed by atoms with Crippen molar-refractivity contribution in [1.29, 1.82) is 0 Å². The normalized spacial score (nSPS) is 15.3. The Labute approximate surface area is 123 Å². The molecule has 7 nitrogen and oxygen atoms in total. The first-order chi connectivity index (χ1) is 9.68. The Morgan fingerprint density at radius 3 is 2.43 bits per heavy atom. The maximum absolute atomic E-state index is 11.3. The number of hydrogen-bond acceptors (Lipinski definition) is 5. The van der Waals surface area contributed by atoms with Gasteiger partial charge in [0.15, 0.2) is 10.1 Å². The van der Waals surface area contributed by atoms with Gasteiger partial charge in [-0.15, -0.1) is 0 Å². The quantitative estimate of drug-likeness (QED) is 0.477. The van der Waals surface area contributed by atoms with Crippen LogP contribution in [0.4, 0.5) is 5.69 Å². The van der Waals surface area contributed by atoms with Crippen LogP contribution in [-0.4, -0.2) is 47.9 Å². The highest BCUT2D eigenvalue weighted by atomic mass is 32.2. The van der Waals surface area contributed by atoms with Crippen LogP contribution in [-0.2, 0) is 26.7 Å². The van der Waals surface area contributed by atoms with E-state index in [1.165, 1.54) is 4.58 Å². The third kappa shape index (κ3) is 4.10. The Morgan fingerprint density at radius 2 is 1.81 bits per heavy atom. The van der Waals surface area contributed by atoms with Gasteiger partial charge in [0.1, 0.15) is 6.54 Å². The first-order valence-electron chi connectivity index (χ1n) is 6.31. The van der Waals surface area contributed by atoms with Crippen LogP contribution in [0.1, 0.15) is 18.4 Å². The number of unbranched alkanes of at least 4 members (excludes halogenated alkanes) is 1. The van der Waals surface area contributed by atoms with Crippen LogP contribution in [0.3, 0.4) is 0 Å². The minimum atomic E-state index is -4.56. The van der Waals surface area contributed by atoms with Crippen LogP contribution in [0.5, 0.6) is 0 Å². The Morgan fingerprint density at radius 1 is 1.14 bits per heavy atom. The lowest BCUT2D eigenvalue weighted by Gasteiger charge is -2.06. The highest BCUT2D eigenvalue weighted by Gasteiger charge is 2.33. The van der Waals surface area contributed by atoms with Crippen LogP contribution in [0.2, 0.25) is 0 Å². The summed E-state index contributed by atoms with van der Waals surface area (Å²) in [5.41, 5.74) is 1.40. The summed E-state index contributed by atoms with van der Waals surface area (Å²) < 4.78 is 65.4. The van der Waals surface area contributed by atoms with E-state index in [4.69, 9.17) is 4.55 Å². The Kier molecular flexibility index (Phi) is 4.47. The summed E-state index contributed by atoms with van der Waals surface area (Å²) in [6.07, 6.45) is 0.580. The molecule has 21 heavy (non-hydrogen) atoms. The third-order valence-corrected chi connectivity index (χ3v) is 4.99. The second kappa shape index (κ2) is 5.84. The molecule has 2 rings (SSSR count). The van der Waals surface area contributed by atoms with Gasteiger partial charge in [-0.3, -0.25) is 4.55 Å². The van der Waals surface area contributed by atoms with Crippen molar-refractivity contribution in [3.05, 3.63) is 29.8 Å². The van der Waals surface area contributed by atoms with Crippen molar-refractivity contribution >= 4 is 31.0 Å². The maximum atomic E-state index is 11.3. The molecule has 0 unspecified atom stereocenters. The van der Waals surface area contributed by atoms with E-state index in [0.717, 1.165) is 5.56 Å². The van der Waals surface area contributed by atoms with Crippen molar-refractivity contribution in [3.8, 4) is 0 Å². The van der Waals surface area contributed by atoms with Crippen LogP contribution in [0, 0.1) is 0 Å². The number of benzene rings is 1. The zero-order valence-corrected chi connectivity index (χ0v) is 12.7. The third-order valence-electron chi connectivity index (χ3n) is 3.25. The fourth-order valence-corrected chi connectivity index (χ4v) is 3.70. The van der Waals surface area contributed by atoms with Gasteiger partial charge >= 0.3 is 0 Å². The molecule has 1 aromatic carbocycles. The molecule has 0 bridgehead atoms. The van der Waals surface area contributed by atoms with Crippen molar-refractivity contribution in [2.24, 2.45) is 0 Å². The molecule has 0 saturated heterocycles. The molecule has 1 aliphatic rings. The molecule has 0 amide bonds. The Balaban J connectivity index is 2.20. The predicted molar refractivity (Wildman–Crippen MR) is 75.3 cm³/mol. The van der Waals surface area contributed by atoms with E-state index in [2.05, 4.69) is 0 Å². The first kappa shape index (κ1) is 16.1. The number of fused-ring (bicyclic) bond motifs is 1. The number of nitrogens with zero attached hydrogens (tertiary/aromatic N) is 1. The topological polar surface area (TPSA) is 115 Å². The lowest BCUT2D eigenvalue weighted by Crippen LogP contribution is -2.23. The van der Waals surface area contributed by atoms with Gasteiger partial charge in [0.25, 0.3) is 15.2 Å². The van der Waals surface area contributed by atoms with E-state index in [0.29, 0.717) is 12.1 Å². The molecule has 116 valence electrons. The van der Waals surface area contributed by atoms with Crippen molar-refractivity contribution in [3.63, 3.8) is 0 Å². The Bertz CT molecular complexity index is 780. The van der Waals surface area contributed by atoms with Crippen molar-refractivity contribution in [2.45, 2.75) is 19.3 Å². The molecule has 0 radical (unpaired) electrons. The molecule has 1 N–H and O–H groups in total. The van der Waals surface area contributed by atoms with E-state index in [9.17, 15) is 21.4 Å². The summed E-state index contributed by atoms with van der Waals surface area (Å²) in [7, 11) is -8.59. The molecule has 0 saturated carbocycles. The van der Waals surface area contributed by atoms with Gasteiger partial charge in [-0.05, 0) is 6.42 Å². The summed E-state index contributed by atoms with van der Waals surface area (Å²) in [6.45, 7) is 0.212. The van der Waals surface area contributed by atoms with Crippen LogP contribution in [0.15, 0.2) is 24.3 Å². The summed E-state index contributed by atoms with van der Waals surface area (Å²) in [6, 6.07) is 6.97. The standard InChI is InChI=1S/C12H15NO6S2/c14-20(15,16)8-4-3-7-13-11-6-2-1-5-10(11)9-12(13)21(17,18)19/h1-2,5-6H,3-4,7-9H2,(H-,14,15,16,17,18,19). The molecule has 1 aliphatic heterocycles. The molecule has 0 fully saturated rings. The fourth-order valence-electron chi connectivity index (χ4n) is 2.34. The monoisotopic (exact) mass is 333 g/mol. The number of hydrogen-bond donors (Lipinski definition) is 1. The summed E-state index contributed by atoms with van der Waals surface area (Å²) in [5.74, 6) is -0.387. The molecule has 1 aromatic rings. The lowest BCUT2D eigenvalue weighted by molar-refractivity contribution is -0.435. The highest BCUT2D eigenvalue weighted by molar-refractivity contribution is 8.01.